The van der Waals surface area contributed by atoms with Crippen molar-refractivity contribution in [1.29, 1.82) is 0 Å². The molecule has 2 atom stereocenters. The van der Waals surface area contributed by atoms with Gasteiger partial charge in [0.05, 0.1) is 18.2 Å². The van der Waals surface area contributed by atoms with Crippen LogP contribution in [0.5, 0.6) is 0 Å². The molecule has 0 spiro atoms. The first-order chi connectivity index (χ1) is 11.0. The Bertz CT molecular complexity index is 656. The summed E-state index contributed by atoms with van der Waals surface area (Å²) in [4.78, 5) is 0. The van der Waals surface area contributed by atoms with E-state index in [0.717, 1.165) is 16.7 Å². The molecule has 23 heavy (non-hydrogen) atoms. The van der Waals surface area contributed by atoms with Gasteiger partial charge in [-0.05, 0) is 30.5 Å². The Balaban J connectivity index is 2.12. The number of nitrogens with two attached hydrogens (primary N) is 1. The van der Waals surface area contributed by atoms with E-state index in [-0.39, 0.29) is 6.10 Å². The van der Waals surface area contributed by atoms with Crippen molar-refractivity contribution in [2.75, 3.05) is 6.61 Å². The zero-order valence-corrected chi connectivity index (χ0v) is 13.8. The molecule has 122 valence electrons. The molecule has 2 aromatic carbocycles. The second-order valence-electron chi connectivity index (χ2n) is 5.95. The topological polar surface area (TPSA) is 35.2 Å². The van der Waals surface area contributed by atoms with Crippen LogP contribution in [0.25, 0.3) is 0 Å². The molecule has 0 bridgehead atoms. The van der Waals surface area contributed by atoms with Crippen molar-refractivity contribution >= 4 is 0 Å². The van der Waals surface area contributed by atoms with Crippen molar-refractivity contribution in [2.45, 2.75) is 32.2 Å². The summed E-state index contributed by atoms with van der Waals surface area (Å²) >= 11 is 0. The molecule has 0 aliphatic heterocycles. The molecule has 2 aromatic rings. The molecule has 0 aromatic heterocycles. The summed E-state index contributed by atoms with van der Waals surface area (Å²) in [5.74, 6) is 0. The Morgan fingerprint density at radius 2 is 1.96 bits per heavy atom. The first-order valence-corrected chi connectivity index (χ1v) is 7.74. The van der Waals surface area contributed by atoms with Gasteiger partial charge in [-0.15, -0.1) is 6.58 Å². The van der Waals surface area contributed by atoms with Gasteiger partial charge in [0, 0.05) is 0 Å². The lowest BCUT2D eigenvalue weighted by molar-refractivity contribution is 0.0396. The Labute approximate surface area is 137 Å². The van der Waals surface area contributed by atoms with E-state index in [2.05, 4.69) is 6.58 Å². The molecule has 0 heterocycles. The molecule has 0 fully saturated rings. The van der Waals surface area contributed by atoms with Crippen LogP contribution in [0.2, 0.25) is 0 Å². The van der Waals surface area contributed by atoms with E-state index in [0.29, 0.717) is 12.2 Å². The van der Waals surface area contributed by atoms with Crippen LogP contribution in [0, 0.1) is 6.92 Å². The van der Waals surface area contributed by atoms with Crippen molar-refractivity contribution in [3.63, 3.8) is 0 Å². The van der Waals surface area contributed by atoms with Crippen LogP contribution in [0.1, 0.15) is 35.3 Å². The first kappa shape index (κ1) is 17.4. The zero-order valence-electron chi connectivity index (χ0n) is 13.8. The van der Waals surface area contributed by atoms with Gasteiger partial charge in [-0.3, -0.25) is 0 Å². The van der Waals surface area contributed by atoms with Gasteiger partial charge in [0.15, 0.2) is 0 Å². The molecule has 2 nitrogen and oxygen atoms in total. The minimum Gasteiger partial charge on any atom is -0.371 e. The van der Waals surface area contributed by atoms with Gasteiger partial charge in [-0.25, -0.2) is 4.39 Å². The number of alkyl halides is 1. The third kappa shape index (κ3) is 4.27. The van der Waals surface area contributed by atoms with Crippen LogP contribution in [0.4, 0.5) is 4.39 Å². The van der Waals surface area contributed by atoms with Crippen LogP contribution in [-0.2, 0) is 17.0 Å². The predicted octanol–water partition coefficient (Wildman–Crippen LogP) is 4.58. The highest BCUT2D eigenvalue weighted by molar-refractivity contribution is 5.31. The monoisotopic (exact) mass is 313 g/mol. The summed E-state index contributed by atoms with van der Waals surface area (Å²) in [5.41, 5.74) is 9.28. The van der Waals surface area contributed by atoms with Gasteiger partial charge in [0.2, 0.25) is 0 Å². The molecule has 2 rings (SSSR count). The minimum absolute atomic E-state index is 0.174. The number of hydrogen-bond donors (Lipinski definition) is 1. The normalized spacial score (nSPS) is 15.0. The summed E-state index contributed by atoms with van der Waals surface area (Å²) in [5, 5.41) is 0. The number of rotatable bonds is 7. The summed E-state index contributed by atoms with van der Waals surface area (Å²) in [6.45, 7) is 7.58. The second-order valence-corrected chi connectivity index (χ2v) is 5.95. The van der Waals surface area contributed by atoms with Gasteiger partial charge < -0.3 is 10.5 Å². The van der Waals surface area contributed by atoms with E-state index >= 15 is 0 Å². The van der Waals surface area contributed by atoms with Crippen LogP contribution in [0.3, 0.4) is 0 Å². The fourth-order valence-corrected chi connectivity index (χ4v) is 2.57. The van der Waals surface area contributed by atoms with Gasteiger partial charge in [0.25, 0.3) is 0 Å². The smallest absolute Gasteiger partial charge is 0.115 e. The fourth-order valence-electron chi connectivity index (χ4n) is 2.57. The molecule has 3 heteroatoms. The molecule has 0 aliphatic carbocycles. The maximum atomic E-state index is 12.9. The van der Waals surface area contributed by atoms with Crippen LogP contribution in [-0.4, -0.2) is 6.61 Å². The van der Waals surface area contributed by atoms with E-state index < -0.39 is 12.2 Å². The summed E-state index contributed by atoms with van der Waals surface area (Å²) in [6.07, 6.45) is 1.53. The van der Waals surface area contributed by atoms with Crippen molar-refractivity contribution in [2.24, 2.45) is 5.73 Å². The lowest BCUT2D eigenvalue weighted by atomic mass is 9.92. The summed E-state index contributed by atoms with van der Waals surface area (Å²) in [6, 6.07) is 15.5. The molecule has 0 amide bonds. The lowest BCUT2D eigenvalue weighted by Crippen LogP contribution is -2.39. The first-order valence-electron chi connectivity index (χ1n) is 7.74. The summed E-state index contributed by atoms with van der Waals surface area (Å²) < 4.78 is 18.9. The highest BCUT2D eigenvalue weighted by Crippen LogP contribution is 2.25. The van der Waals surface area contributed by atoms with Crippen molar-refractivity contribution in [3.05, 3.63) is 83.4 Å². The molecule has 0 saturated heterocycles. The van der Waals surface area contributed by atoms with Crippen molar-refractivity contribution in [1.82, 2.24) is 0 Å². The quantitative estimate of drug-likeness (QED) is 0.759. The Kier molecular flexibility index (Phi) is 5.69. The third-order valence-corrected chi connectivity index (χ3v) is 4.03. The average Bonchev–Trinajstić information content (AvgIpc) is 2.59. The Morgan fingerprint density at radius 3 is 2.57 bits per heavy atom. The maximum absolute atomic E-state index is 12.9. The number of benzene rings is 2. The zero-order chi connectivity index (χ0) is 16.9. The van der Waals surface area contributed by atoms with Crippen molar-refractivity contribution < 1.29 is 9.13 Å². The van der Waals surface area contributed by atoms with Crippen LogP contribution >= 0.6 is 0 Å². The lowest BCUT2D eigenvalue weighted by Gasteiger charge is -2.28. The van der Waals surface area contributed by atoms with E-state index in [1.54, 1.807) is 6.08 Å². The molecule has 0 saturated carbocycles. The average molecular weight is 313 g/mol. The van der Waals surface area contributed by atoms with Gasteiger partial charge in [0.1, 0.15) is 6.67 Å². The predicted molar refractivity (Wildman–Crippen MR) is 92.9 cm³/mol. The van der Waals surface area contributed by atoms with Crippen molar-refractivity contribution in [3.8, 4) is 0 Å². The highest BCUT2D eigenvalue weighted by Gasteiger charge is 2.25. The molecule has 0 unspecified atom stereocenters. The molecule has 0 radical (unpaired) electrons. The highest BCUT2D eigenvalue weighted by atomic mass is 19.1. The standard InChI is InChI=1S/C20H24FNO/c1-4-20(22,19-8-6-5-7-9-19)14-23-16(3)18-11-15(2)10-17(12-18)13-21/h4-12,16H,1,13-14,22H2,2-3H3/t16-,20-/m1/s1. The Hall–Kier alpha value is -1.97. The van der Waals surface area contributed by atoms with Crippen LogP contribution < -0.4 is 5.73 Å². The third-order valence-electron chi connectivity index (χ3n) is 4.03. The van der Waals surface area contributed by atoms with Gasteiger partial charge in [-0.2, -0.15) is 0 Å². The van der Waals surface area contributed by atoms with Gasteiger partial charge >= 0.3 is 0 Å². The van der Waals surface area contributed by atoms with Gasteiger partial charge in [-0.1, -0.05) is 60.2 Å². The minimum atomic E-state index is -0.748. The maximum Gasteiger partial charge on any atom is 0.115 e. The molecular weight excluding hydrogens is 289 g/mol. The van der Waals surface area contributed by atoms with E-state index in [9.17, 15) is 4.39 Å². The molecule has 2 N–H and O–H groups in total. The fraction of sp³-hybridized carbons (Fsp3) is 0.300. The van der Waals surface area contributed by atoms with E-state index in [1.807, 2.05) is 62.4 Å². The van der Waals surface area contributed by atoms with E-state index in [4.69, 9.17) is 10.5 Å². The number of hydrogen-bond acceptors (Lipinski definition) is 2. The number of aryl methyl sites for hydroxylation is 1. The molecular formula is C20H24FNO. The SMILES string of the molecule is C=C[C@@](N)(CO[C@H](C)c1cc(C)cc(CF)c1)c1ccccc1. The van der Waals surface area contributed by atoms with E-state index in [1.165, 1.54) is 0 Å². The number of ether oxygens (including phenoxy) is 1. The largest absolute Gasteiger partial charge is 0.371 e. The number of halogens is 1. The Morgan fingerprint density at radius 1 is 1.26 bits per heavy atom. The second kappa shape index (κ2) is 7.53. The van der Waals surface area contributed by atoms with Crippen LogP contribution in [0.15, 0.2) is 61.2 Å². The molecule has 0 aliphatic rings. The summed E-state index contributed by atoms with van der Waals surface area (Å²) in [7, 11) is 0.